The number of hydrogen-bond donors (Lipinski definition) is 2. The van der Waals surface area contributed by atoms with E-state index < -0.39 is 0 Å². The number of carbonyl (C=O) groups is 1. The monoisotopic (exact) mass is 247 g/mol. The van der Waals surface area contributed by atoms with E-state index in [2.05, 4.69) is 22.3 Å². The van der Waals surface area contributed by atoms with Crippen molar-refractivity contribution < 1.29 is 4.79 Å². The average molecular weight is 247 g/mol. The number of nitrogens with zero attached hydrogens (tertiary/aromatic N) is 1. The Kier molecular flexibility index (Phi) is 4.33. The summed E-state index contributed by atoms with van der Waals surface area (Å²) in [5.41, 5.74) is 6.84. The summed E-state index contributed by atoms with van der Waals surface area (Å²) >= 11 is 0. The van der Waals surface area contributed by atoms with Gasteiger partial charge < -0.3 is 11.1 Å². The van der Waals surface area contributed by atoms with E-state index in [0.29, 0.717) is 13.0 Å². The smallest absolute Gasteiger partial charge is 0.237 e. The first-order valence-electron chi connectivity index (χ1n) is 6.49. The molecule has 4 heteroatoms. The number of nitrogens with one attached hydrogen (secondary N) is 1. The summed E-state index contributed by atoms with van der Waals surface area (Å²) in [6.45, 7) is 4.26. The molecule has 1 aliphatic heterocycles. The van der Waals surface area contributed by atoms with Crippen molar-refractivity contribution >= 4 is 5.91 Å². The summed E-state index contributed by atoms with van der Waals surface area (Å²) in [6, 6.07) is 10.4. The highest BCUT2D eigenvalue weighted by Gasteiger charge is 2.31. The zero-order valence-electron chi connectivity index (χ0n) is 10.8. The largest absolute Gasteiger partial charge is 0.351 e. The third kappa shape index (κ3) is 3.09. The summed E-state index contributed by atoms with van der Waals surface area (Å²) in [6.07, 6.45) is 0.714. The molecule has 0 bridgehead atoms. The van der Waals surface area contributed by atoms with E-state index in [1.54, 1.807) is 0 Å². The van der Waals surface area contributed by atoms with Crippen LogP contribution in [0.1, 0.15) is 18.9 Å². The van der Waals surface area contributed by atoms with Crippen molar-refractivity contribution in [1.29, 1.82) is 0 Å². The van der Waals surface area contributed by atoms with Crippen LogP contribution in [0.25, 0.3) is 0 Å². The summed E-state index contributed by atoms with van der Waals surface area (Å²) in [5, 5.41) is 2.99. The lowest BCUT2D eigenvalue weighted by Gasteiger charge is -2.38. The second-order valence-corrected chi connectivity index (χ2v) is 4.92. The fourth-order valence-electron chi connectivity index (χ4n) is 2.49. The fraction of sp³-hybridized carbons (Fsp3) is 0.500. The van der Waals surface area contributed by atoms with Crippen molar-refractivity contribution in [1.82, 2.24) is 10.2 Å². The third-order valence-corrected chi connectivity index (χ3v) is 3.31. The lowest BCUT2D eigenvalue weighted by molar-refractivity contribution is -0.131. The lowest BCUT2D eigenvalue weighted by Crippen LogP contribution is -2.59. The van der Waals surface area contributed by atoms with Gasteiger partial charge in [-0.3, -0.25) is 9.69 Å². The maximum absolute atomic E-state index is 12.0. The fourth-order valence-corrected chi connectivity index (χ4v) is 2.49. The highest BCUT2D eigenvalue weighted by atomic mass is 16.2. The lowest BCUT2D eigenvalue weighted by atomic mass is 10.0. The standard InChI is InChI=1S/C14H21N3O/c1-11-9-17(10-12-5-3-2-4-6-12)13(7-8-15)14(18)16-11/h2-6,11,13H,7-10,15H2,1H3,(H,16,18). The zero-order valence-corrected chi connectivity index (χ0v) is 10.8. The Bertz CT molecular complexity index is 393. The molecule has 3 N–H and O–H groups in total. The minimum Gasteiger partial charge on any atom is -0.351 e. The SMILES string of the molecule is CC1CN(Cc2ccccc2)C(CCN)C(=O)N1. The van der Waals surface area contributed by atoms with E-state index in [1.807, 2.05) is 25.1 Å². The molecule has 1 heterocycles. The summed E-state index contributed by atoms with van der Waals surface area (Å²) in [7, 11) is 0. The quantitative estimate of drug-likeness (QED) is 0.824. The second kappa shape index (κ2) is 5.98. The van der Waals surface area contributed by atoms with Gasteiger partial charge in [-0.05, 0) is 25.5 Å². The Balaban J connectivity index is 2.09. The maximum atomic E-state index is 12.0. The van der Waals surface area contributed by atoms with E-state index >= 15 is 0 Å². The van der Waals surface area contributed by atoms with Gasteiger partial charge in [-0.15, -0.1) is 0 Å². The predicted octanol–water partition coefficient (Wildman–Crippen LogP) is 0.724. The first-order chi connectivity index (χ1) is 8.70. The zero-order chi connectivity index (χ0) is 13.0. The van der Waals surface area contributed by atoms with Gasteiger partial charge in [-0.2, -0.15) is 0 Å². The number of rotatable bonds is 4. The molecule has 2 atom stereocenters. The Hall–Kier alpha value is -1.39. The van der Waals surface area contributed by atoms with Gasteiger partial charge in [0.1, 0.15) is 0 Å². The van der Waals surface area contributed by atoms with Gasteiger partial charge in [0.2, 0.25) is 5.91 Å². The van der Waals surface area contributed by atoms with Gasteiger partial charge in [0.15, 0.2) is 0 Å². The van der Waals surface area contributed by atoms with Gasteiger partial charge in [0.05, 0.1) is 6.04 Å². The van der Waals surface area contributed by atoms with Gasteiger partial charge in [0.25, 0.3) is 0 Å². The van der Waals surface area contributed by atoms with Crippen LogP contribution >= 0.6 is 0 Å². The van der Waals surface area contributed by atoms with Crippen LogP contribution in [0.5, 0.6) is 0 Å². The number of benzene rings is 1. The molecular formula is C14H21N3O. The number of hydrogen-bond acceptors (Lipinski definition) is 3. The molecule has 2 rings (SSSR count). The van der Waals surface area contributed by atoms with Crippen molar-refractivity contribution in [2.24, 2.45) is 5.73 Å². The van der Waals surface area contributed by atoms with E-state index in [-0.39, 0.29) is 18.0 Å². The molecule has 2 unspecified atom stereocenters. The van der Waals surface area contributed by atoms with E-state index in [9.17, 15) is 4.79 Å². The highest BCUT2D eigenvalue weighted by Crippen LogP contribution is 2.15. The topological polar surface area (TPSA) is 58.4 Å². The summed E-state index contributed by atoms with van der Waals surface area (Å²) in [4.78, 5) is 14.2. The summed E-state index contributed by atoms with van der Waals surface area (Å²) in [5.74, 6) is 0.107. The normalized spacial score (nSPS) is 24.9. The van der Waals surface area contributed by atoms with Gasteiger partial charge in [0, 0.05) is 19.1 Å². The Morgan fingerprint density at radius 2 is 2.11 bits per heavy atom. The molecular weight excluding hydrogens is 226 g/mol. The van der Waals surface area contributed by atoms with Crippen LogP contribution in [0.3, 0.4) is 0 Å². The van der Waals surface area contributed by atoms with Crippen LogP contribution < -0.4 is 11.1 Å². The first kappa shape index (κ1) is 13.1. The van der Waals surface area contributed by atoms with E-state index in [4.69, 9.17) is 5.73 Å². The molecule has 0 aromatic heterocycles. The number of piperazine rings is 1. The molecule has 1 amide bonds. The van der Waals surface area contributed by atoms with Gasteiger partial charge in [-0.1, -0.05) is 30.3 Å². The second-order valence-electron chi connectivity index (χ2n) is 4.92. The van der Waals surface area contributed by atoms with Crippen LogP contribution in [0.15, 0.2) is 30.3 Å². The number of carbonyl (C=O) groups excluding carboxylic acids is 1. The molecule has 1 saturated heterocycles. The molecule has 1 aliphatic rings. The molecule has 1 fully saturated rings. The minimum absolute atomic E-state index is 0.0913. The molecule has 1 aromatic carbocycles. The molecule has 18 heavy (non-hydrogen) atoms. The Morgan fingerprint density at radius 3 is 2.78 bits per heavy atom. The van der Waals surface area contributed by atoms with E-state index in [0.717, 1.165) is 13.1 Å². The highest BCUT2D eigenvalue weighted by molar-refractivity contribution is 5.82. The number of amides is 1. The van der Waals surface area contributed by atoms with E-state index in [1.165, 1.54) is 5.56 Å². The van der Waals surface area contributed by atoms with Crippen molar-refractivity contribution in [3.8, 4) is 0 Å². The maximum Gasteiger partial charge on any atom is 0.237 e. The average Bonchev–Trinajstić information content (AvgIpc) is 2.35. The molecule has 0 saturated carbocycles. The third-order valence-electron chi connectivity index (χ3n) is 3.31. The molecule has 0 aliphatic carbocycles. The van der Waals surface area contributed by atoms with Crippen LogP contribution in [0.2, 0.25) is 0 Å². The van der Waals surface area contributed by atoms with Crippen molar-refractivity contribution in [3.05, 3.63) is 35.9 Å². The number of nitrogens with two attached hydrogens (primary N) is 1. The van der Waals surface area contributed by atoms with Crippen LogP contribution in [0, 0.1) is 0 Å². The summed E-state index contributed by atoms with van der Waals surface area (Å²) < 4.78 is 0. The molecule has 1 aromatic rings. The van der Waals surface area contributed by atoms with Crippen LogP contribution in [-0.2, 0) is 11.3 Å². The van der Waals surface area contributed by atoms with Gasteiger partial charge in [-0.25, -0.2) is 0 Å². The molecule has 4 nitrogen and oxygen atoms in total. The molecule has 0 spiro atoms. The van der Waals surface area contributed by atoms with Crippen molar-refractivity contribution in [3.63, 3.8) is 0 Å². The van der Waals surface area contributed by atoms with Gasteiger partial charge >= 0.3 is 0 Å². The van der Waals surface area contributed by atoms with Crippen LogP contribution in [0.4, 0.5) is 0 Å². The van der Waals surface area contributed by atoms with Crippen LogP contribution in [-0.4, -0.2) is 36.0 Å². The predicted molar refractivity (Wildman–Crippen MR) is 71.9 cm³/mol. The Morgan fingerprint density at radius 1 is 1.39 bits per heavy atom. The first-order valence-corrected chi connectivity index (χ1v) is 6.49. The minimum atomic E-state index is -0.0913. The Labute approximate surface area is 108 Å². The molecule has 0 radical (unpaired) electrons. The van der Waals surface area contributed by atoms with Crippen molar-refractivity contribution in [2.75, 3.05) is 13.1 Å². The molecule has 98 valence electrons. The van der Waals surface area contributed by atoms with Crippen molar-refractivity contribution in [2.45, 2.75) is 32.0 Å².